The van der Waals surface area contributed by atoms with Gasteiger partial charge in [0.1, 0.15) is 17.6 Å². The number of Topliss-reactive ketones (excluding diaryl/α,β-unsaturated/α-hetero) is 1. The molecule has 0 bridgehead atoms. The molecule has 2 heterocycles. The number of carbonyl (C=O) groups excluding carboxylic acids is 2. The molecular formula is C20H16FN5O3. The summed E-state index contributed by atoms with van der Waals surface area (Å²) < 4.78 is 19.7. The van der Waals surface area contributed by atoms with Crippen LogP contribution in [0.2, 0.25) is 0 Å². The summed E-state index contributed by atoms with van der Waals surface area (Å²) >= 11 is 0. The highest BCUT2D eigenvalue weighted by Crippen LogP contribution is 2.36. The van der Waals surface area contributed by atoms with Crippen molar-refractivity contribution in [3.63, 3.8) is 0 Å². The van der Waals surface area contributed by atoms with Crippen LogP contribution in [0.5, 0.6) is 0 Å². The Kier molecular flexibility index (Phi) is 4.63. The quantitative estimate of drug-likeness (QED) is 0.537. The number of carbonyl (C=O) groups is 2. The van der Waals surface area contributed by atoms with E-state index in [-0.39, 0.29) is 17.2 Å². The minimum atomic E-state index is -0.843. The smallest absolute Gasteiger partial charge is 0.355 e. The maximum Gasteiger partial charge on any atom is 0.355 e. The maximum atomic E-state index is 13.5. The number of ether oxygens (including phenoxy) is 1. The summed E-state index contributed by atoms with van der Waals surface area (Å²) in [5, 5.41) is 14.2. The number of rotatable bonds is 4. The molecule has 2 aromatic carbocycles. The first kappa shape index (κ1) is 18.5. The number of halogens is 1. The number of esters is 1. The fourth-order valence-electron chi connectivity index (χ4n) is 3.20. The molecule has 0 fully saturated rings. The molecule has 1 atom stereocenters. The molecule has 29 heavy (non-hydrogen) atoms. The van der Waals surface area contributed by atoms with Gasteiger partial charge in [0, 0.05) is 5.56 Å². The summed E-state index contributed by atoms with van der Waals surface area (Å²) in [6.07, 6.45) is 0. The Bertz CT molecular complexity index is 1120. The molecule has 8 nitrogen and oxygen atoms in total. The summed E-state index contributed by atoms with van der Waals surface area (Å²) in [5.74, 6) is -1.39. The Morgan fingerprint density at radius 2 is 1.79 bits per heavy atom. The number of ketones is 1. The number of allylic oxidation sites excluding steroid dienone is 1. The maximum absolute atomic E-state index is 13.5. The predicted octanol–water partition coefficient (Wildman–Crippen LogP) is 2.45. The fourth-order valence-corrected chi connectivity index (χ4v) is 3.20. The van der Waals surface area contributed by atoms with Crippen LogP contribution in [0.1, 0.15) is 27.5 Å². The highest BCUT2D eigenvalue weighted by Gasteiger charge is 2.38. The van der Waals surface area contributed by atoms with Gasteiger partial charge in [0.05, 0.1) is 12.7 Å². The molecule has 146 valence electrons. The third kappa shape index (κ3) is 3.27. The summed E-state index contributed by atoms with van der Waals surface area (Å²) in [7, 11) is 1.22. The van der Waals surface area contributed by atoms with Gasteiger partial charge in [0.15, 0.2) is 5.78 Å². The van der Waals surface area contributed by atoms with Crippen LogP contribution in [0, 0.1) is 12.7 Å². The number of tetrazole rings is 1. The van der Waals surface area contributed by atoms with E-state index in [0.29, 0.717) is 11.1 Å². The van der Waals surface area contributed by atoms with Crippen molar-refractivity contribution in [2.75, 3.05) is 12.4 Å². The molecule has 9 heteroatoms. The van der Waals surface area contributed by atoms with Crippen molar-refractivity contribution in [3.8, 4) is 0 Å². The monoisotopic (exact) mass is 393 g/mol. The van der Waals surface area contributed by atoms with Crippen LogP contribution in [0.15, 0.2) is 59.8 Å². The zero-order valence-corrected chi connectivity index (χ0v) is 15.6. The van der Waals surface area contributed by atoms with Gasteiger partial charge in [-0.3, -0.25) is 4.79 Å². The molecule has 1 N–H and O–H groups in total. The summed E-state index contributed by atoms with van der Waals surface area (Å²) in [5.41, 5.74) is 1.96. The topological polar surface area (TPSA) is 99.0 Å². The number of nitrogens with zero attached hydrogens (tertiary/aromatic N) is 4. The first-order valence-electron chi connectivity index (χ1n) is 8.74. The van der Waals surface area contributed by atoms with Crippen molar-refractivity contribution >= 4 is 17.7 Å². The first-order chi connectivity index (χ1) is 14.0. The Balaban J connectivity index is 1.94. The van der Waals surface area contributed by atoms with Crippen molar-refractivity contribution in [1.82, 2.24) is 20.2 Å². The highest BCUT2D eigenvalue weighted by atomic mass is 19.1. The molecule has 0 spiro atoms. The SMILES string of the molecule is COC(=O)C1=C(C(=O)c2ccc(C)cc2)[C@@H](c2ccc(F)cc2)n2nnnc2N1. The van der Waals surface area contributed by atoms with E-state index in [0.717, 1.165) is 5.56 Å². The van der Waals surface area contributed by atoms with Crippen molar-refractivity contribution in [1.29, 1.82) is 0 Å². The second-order valence-electron chi connectivity index (χ2n) is 6.50. The van der Waals surface area contributed by atoms with E-state index < -0.39 is 23.6 Å². The lowest BCUT2D eigenvalue weighted by atomic mass is 9.89. The van der Waals surface area contributed by atoms with E-state index in [1.807, 2.05) is 6.92 Å². The molecule has 3 aromatic rings. The number of aromatic nitrogens is 4. The number of benzene rings is 2. The van der Waals surface area contributed by atoms with Crippen LogP contribution in [-0.4, -0.2) is 39.1 Å². The molecular weight excluding hydrogens is 377 g/mol. The Morgan fingerprint density at radius 3 is 2.45 bits per heavy atom. The third-order valence-corrected chi connectivity index (χ3v) is 4.65. The number of hydrogen-bond acceptors (Lipinski definition) is 7. The molecule has 1 aromatic heterocycles. The van der Waals surface area contributed by atoms with E-state index >= 15 is 0 Å². The van der Waals surface area contributed by atoms with Crippen LogP contribution < -0.4 is 5.32 Å². The predicted molar refractivity (Wildman–Crippen MR) is 101 cm³/mol. The van der Waals surface area contributed by atoms with Gasteiger partial charge < -0.3 is 10.1 Å². The number of aryl methyl sites for hydroxylation is 1. The molecule has 4 rings (SSSR count). The van der Waals surface area contributed by atoms with E-state index in [9.17, 15) is 14.0 Å². The van der Waals surface area contributed by atoms with E-state index in [1.54, 1.807) is 24.3 Å². The molecule has 0 unspecified atom stereocenters. The first-order valence-corrected chi connectivity index (χ1v) is 8.74. The Labute approximate surface area is 165 Å². The zero-order chi connectivity index (χ0) is 20.5. The third-order valence-electron chi connectivity index (χ3n) is 4.65. The zero-order valence-electron chi connectivity index (χ0n) is 15.6. The lowest BCUT2D eigenvalue weighted by molar-refractivity contribution is -0.136. The van der Waals surface area contributed by atoms with E-state index in [2.05, 4.69) is 20.8 Å². The molecule has 1 aliphatic heterocycles. The summed E-state index contributed by atoms with van der Waals surface area (Å²) in [4.78, 5) is 26.0. The van der Waals surface area contributed by atoms with Gasteiger partial charge in [-0.25, -0.2) is 9.18 Å². The summed E-state index contributed by atoms with van der Waals surface area (Å²) in [6.45, 7) is 1.91. The van der Waals surface area contributed by atoms with Gasteiger partial charge in [0.25, 0.3) is 0 Å². The average Bonchev–Trinajstić information content (AvgIpc) is 3.21. The van der Waals surface area contributed by atoms with Gasteiger partial charge in [0.2, 0.25) is 5.95 Å². The molecule has 1 aliphatic rings. The number of anilines is 1. The van der Waals surface area contributed by atoms with Crippen LogP contribution in [-0.2, 0) is 9.53 Å². The minimum Gasteiger partial charge on any atom is -0.464 e. The van der Waals surface area contributed by atoms with Gasteiger partial charge in [-0.05, 0) is 35.0 Å². The van der Waals surface area contributed by atoms with Crippen LogP contribution in [0.3, 0.4) is 0 Å². The molecule has 0 amide bonds. The van der Waals surface area contributed by atoms with Crippen molar-refractivity contribution in [2.24, 2.45) is 0 Å². The largest absolute Gasteiger partial charge is 0.464 e. The van der Waals surface area contributed by atoms with Gasteiger partial charge in [-0.2, -0.15) is 4.68 Å². The van der Waals surface area contributed by atoms with Crippen molar-refractivity contribution in [3.05, 3.63) is 82.3 Å². The minimum absolute atomic E-state index is 0.0605. The van der Waals surface area contributed by atoms with E-state index in [1.165, 1.54) is 36.1 Å². The Hall–Kier alpha value is -3.88. The molecule has 0 saturated heterocycles. The number of nitrogens with one attached hydrogen (secondary N) is 1. The van der Waals surface area contributed by atoms with Gasteiger partial charge in [-0.15, -0.1) is 0 Å². The molecule has 0 saturated carbocycles. The average molecular weight is 393 g/mol. The van der Waals surface area contributed by atoms with Gasteiger partial charge in [-0.1, -0.05) is 47.1 Å². The number of hydrogen-bond donors (Lipinski definition) is 1. The lowest BCUT2D eigenvalue weighted by Crippen LogP contribution is -2.33. The second-order valence-corrected chi connectivity index (χ2v) is 6.50. The van der Waals surface area contributed by atoms with Gasteiger partial charge >= 0.3 is 5.97 Å². The number of methoxy groups -OCH3 is 1. The van der Waals surface area contributed by atoms with Crippen molar-refractivity contribution < 1.29 is 18.7 Å². The molecule has 0 aliphatic carbocycles. The number of fused-ring (bicyclic) bond motifs is 1. The van der Waals surface area contributed by atoms with Crippen LogP contribution >= 0.6 is 0 Å². The Morgan fingerprint density at radius 1 is 1.10 bits per heavy atom. The van der Waals surface area contributed by atoms with Crippen LogP contribution in [0.4, 0.5) is 10.3 Å². The fraction of sp³-hybridized carbons (Fsp3) is 0.150. The highest BCUT2D eigenvalue weighted by molar-refractivity contribution is 6.14. The molecule has 0 radical (unpaired) electrons. The standard InChI is InChI=1S/C20H16FN5O3/c1-11-3-5-13(6-4-11)18(27)15-16(19(28)29-2)22-20-23-24-25-26(20)17(15)12-7-9-14(21)10-8-12/h3-10,17H,1-2H3,(H,22,23,25)/t17-/m1/s1. The second kappa shape index (κ2) is 7.27. The van der Waals surface area contributed by atoms with E-state index in [4.69, 9.17) is 4.74 Å². The summed E-state index contributed by atoms with van der Waals surface area (Å²) in [6, 6.07) is 11.7. The van der Waals surface area contributed by atoms with Crippen LogP contribution in [0.25, 0.3) is 0 Å². The van der Waals surface area contributed by atoms with Crippen molar-refractivity contribution in [2.45, 2.75) is 13.0 Å². The lowest BCUT2D eigenvalue weighted by Gasteiger charge is -2.28. The normalized spacial score (nSPS) is 15.5.